The number of carbonyl (C=O) groups excluding carboxylic acids is 1. The third-order valence-corrected chi connectivity index (χ3v) is 8.01. The average Bonchev–Trinajstić information content (AvgIpc) is 3.50. The minimum Gasteiger partial charge on any atom is -0.439 e. The fraction of sp³-hybridized carbons (Fsp3) is 0.125. The van der Waals surface area contributed by atoms with Gasteiger partial charge < -0.3 is 9.32 Å². The van der Waals surface area contributed by atoms with Crippen molar-refractivity contribution in [3.05, 3.63) is 98.9 Å². The zero-order chi connectivity index (χ0) is 22.7. The standard InChI is InChI=1S/C24H20BrNO4S2/c1-2-17-5-9-19(10-6-17)26(16-20-4-3-15-31-20)24(27)22-13-14-23(30-22)32(28,29)21-11-7-18(25)8-12-21/h3-15H,2,16H2,1H3. The Labute approximate surface area is 199 Å². The first-order valence-electron chi connectivity index (χ1n) is 9.92. The molecule has 5 nitrogen and oxygen atoms in total. The number of halogens is 1. The Bertz CT molecular complexity index is 1310. The quantitative estimate of drug-likeness (QED) is 0.280. The van der Waals surface area contributed by atoms with Gasteiger partial charge in [0.2, 0.25) is 14.9 Å². The molecule has 0 spiro atoms. The molecule has 2 aromatic heterocycles. The fourth-order valence-electron chi connectivity index (χ4n) is 3.19. The second-order valence-electron chi connectivity index (χ2n) is 7.07. The van der Waals surface area contributed by atoms with Crippen molar-refractivity contribution in [3.63, 3.8) is 0 Å². The molecule has 164 valence electrons. The molecule has 0 aliphatic heterocycles. The average molecular weight is 530 g/mol. The van der Waals surface area contributed by atoms with Crippen molar-refractivity contribution in [2.24, 2.45) is 0 Å². The second-order valence-corrected chi connectivity index (χ2v) is 10.9. The van der Waals surface area contributed by atoms with Crippen LogP contribution in [0.4, 0.5) is 5.69 Å². The molecule has 0 aliphatic carbocycles. The van der Waals surface area contributed by atoms with Crippen LogP contribution in [0.2, 0.25) is 0 Å². The van der Waals surface area contributed by atoms with Gasteiger partial charge in [-0.3, -0.25) is 4.79 Å². The van der Waals surface area contributed by atoms with Gasteiger partial charge in [0.25, 0.3) is 5.91 Å². The van der Waals surface area contributed by atoms with Gasteiger partial charge in [0.05, 0.1) is 11.4 Å². The highest BCUT2D eigenvalue weighted by Gasteiger charge is 2.26. The number of carbonyl (C=O) groups is 1. The summed E-state index contributed by atoms with van der Waals surface area (Å²) >= 11 is 4.85. The van der Waals surface area contributed by atoms with Crippen LogP contribution in [0.5, 0.6) is 0 Å². The first kappa shape index (κ1) is 22.5. The van der Waals surface area contributed by atoms with Crippen LogP contribution in [-0.4, -0.2) is 14.3 Å². The van der Waals surface area contributed by atoms with Gasteiger partial charge in [-0.1, -0.05) is 41.1 Å². The Hall–Kier alpha value is -2.68. The highest BCUT2D eigenvalue weighted by atomic mass is 79.9. The van der Waals surface area contributed by atoms with E-state index in [-0.39, 0.29) is 15.7 Å². The predicted octanol–water partition coefficient (Wildman–Crippen LogP) is 6.35. The number of sulfone groups is 1. The van der Waals surface area contributed by atoms with Crippen molar-refractivity contribution in [2.75, 3.05) is 4.90 Å². The summed E-state index contributed by atoms with van der Waals surface area (Å²) < 4.78 is 32.2. The highest BCUT2D eigenvalue weighted by Crippen LogP contribution is 2.27. The normalized spacial score (nSPS) is 11.4. The van der Waals surface area contributed by atoms with Gasteiger partial charge in [-0.25, -0.2) is 8.42 Å². The van der Waals surface area contributed by atoms with Crippen LogP contribution < -0.4 is 4.90 Å². The summed E-state index contributed by atoms with van der Waals surface area (Å²) in [5.41, 5.74) is 1.88. The van der Waals surface area contributed by atoms with Crippen molar-refractivity contribution in [2.45, 2.75) is 29.9 Å². The molecular weight excluding hydrogens is 510 g/mol. The Kier molecular flexibility index (Phi) is 6.64. The summed E-state index contributed by atoms with van der Waals surface area (Å²) in [6.07, 6.45) is 0.897. The summed E-state index contributed by atoms with van der Waals surface area (Å²) in [4.78, 5) is 16.1. The number of thiophene rings is 1. The molecule has 0 N–H and O–H groups in total. The lowest BCUT2D eigenvalue weighted by Crippen LogP contribution is -2.29. The van der Waals surface area contributed by atoms with Crippen LogP contribution in [0, 0.1) is 0 Å². The number of hydrogen-bond donors (Lipinski definition) is 0. The zero-order valence-corrected chi connectivity index (χ0v) is 20.4. The number of hydrogen-bond acceptors (Lipinski definition) is 5. The lowest BCUT2D eigenvalue weighted by atomic mass is 10.1. The predicted molar refractivity (Wildman–Crippen MR) is 129 cm³/mol. The number of aryl methyl sites for hydroxylation is 1. The van der Waals surface area contributed by atoms with Gasteiger partial charge in [0.1, 0.15) is 0 Å². The van der Waals surface area contributed by atoms with E-state index in [0.717, 1.165) is 21.3 Å². The molecule has 4 aromatic rings. The number of nitrogens with zero attached hydrogens (tertiary/aromatic N) is 1. The monoisotopic (exact) mass is 529 g/mol. The molecule has 2 heterocycles. The molecule has 2 aromatic carbocycles. The fourth-order valence-corrected chi connectivity index (χ4v) is 5.32. The van der Waals surface area contributed by atoms with E-state index in [1.165, 1.54) is 24.3 Å². The SMILES string of the molecule is CCc1ccc(N(Cc2cccs2)C(=O)c2ccc(S(=O)(=O)c3ccc(Br)cc3)o2)cc1. The molecule has 0 fully saturated rings. The van der Waals surface area contributed by atoms with Crippen LogP contribution in [0.1, 0.15) is 27.9 Å². The van der Waals surface area contributed by atoms with Crippen molar-refractivity contribution >= 4 is 48.7 Å². The second kappa shape index (κ2) is 9.44. The van der Waals surface area contributed by atoms with Gasteiger partial charge in [-0.2, -0.15) is 0 Å². The molecule has 0 saturated heterocycles. The summed E-state index contributed by atoms with van der Waals surface area (Å²) in [5, 5.41) is 1.69. The van der Waals surface area contributed by atoms with Gasteiger partial charge in [0.15, 0.2) is 5.76 Å². The molecule has 4 rings (SSSR count). The van der Waals surface area contributed by atoms with E-state index in [4.69, 9.17) is 4.42 Å². The third-order valence-electron chi connectivity index (χ3n) is 4.98. The molecule has 1 amide bonds. The van der Waals surface area contributed by atoms with Crippen LogP contribution in [-0.2, 0) is 22.8 Å². The first-order valence-corrected chi connectivity index (χ1v) is 13.1. The van der Waals surface area contributed by atoms with Crippen molar-refractivity contribution in [3.8, 4) is 0 Å². The Morgan fingerprint density at radius 2 is 1.72 bits per heavy atom. The molecule has 0 radical (unpaired) electrons. The lowest BCUT2D eigenvalue weighted by molar-refractivity contribution is 0.0953. The summed E-state index contributed by atoms with van der Waals surface area (Å²) in [7, 11) is -3.87. The molecule has 32 heavy (non-hydrogen) atoms. The zero-order valence-electron chi connectivity index (χ0n) is 17.2. The maximum Gasteiger partial charge on any atom is 0.294 e. The van der Waals surface area contributed by atoms with Gasteiger partial charge in [0, 0.05) is 15.0 Å². The minimum atomic E-state index is -3.87. The molecular formula is C24H20BrNO4S2. The van der Waals surface area contributed by atoms with E-state index in [1.807, 2.05) is 41.8 Å². The van der Waals surface area contributed by atoms with E-state index in [1.54, 1.807) is 28.4 Å². The van der Waals surface area contributed by atoms with Crippen molar-refractivity contribution < 1.29 is 17.6 Å². The molecule has 0 bridgehead atoms. The van der Waals surface area contributed by atoms with Gasteiger partial charge in [-0.15, -0.1) is 11.3 Å². The van der Waals surface area contributed by atoms with Crippen molar-refractivity contribution in [1.29, 1.82) is 0 Å². The number of anilines is 1. The highest BCUT2D eigenvalue weighted by molar-refractivity contribution is 9.10. The lowest BCUT2D eigenvalue weighted by Gasteiger charge is -2.21. The molecule has 0 aliphatic rings. The van der Waals surface area contributed by atoms with Crippen LogP contribution >= 0.6 is 27.3 Å². The van der Waals surface area contributed by atoms with E-state index < -0.39 is 15.7 Å². The van der Waals surface area contributed by atoms with Gasteiger partial charge in [-0.05, 0) is 72.0 Å². The molecule has 0 atom stereocenters. The largest absolute Gasteiger partial charge is 0.439 e. The number of benzene rings is 2. The minimum absolute atomic E-state index is 0.0307. The first-order chi connectivity index (χ1) is 15.4. The topological polar surface area (TPSA) is 67.6 Å². The summed E-state index contributed by atoms with van der Waals surface area (Å²) in [6.45, 7) is 2.43. The van der Waals surface area contributed by atoms with Crippen molar-refractivity contribution in [1.82, 2.24) is 0 Å². The number of furan rings is 1. The van der Waals surface area contributed by atoms with Crippen LogP contribution in [0.3, 0.4) is 0 Å². The van der Waals surface area contributed by atoms with Crippen LogP contribution in [0.15, 0.2) is 97.1 Å². The Morgan fingerprint density at radius 1 is 1.00 bits per heavy atom. The summed E-state index contributed by atoms with van der Waals surface area (Å²) in [6, 6.07) is 20.6. The van der Waals surface area contributed by atoms with Gasteiger partial charge >= 0.3 is 0 Å². The Morgan fingerprint density at radius 3 is 2.34 bits per heavy atom. The van der Waals surface area contributed by atoms with E-state index >= 15 is 0 Å². The third kappa shape index (κ3) is 4.72. The maximum absolute atomic E-state index is 13.4. The number of rotatable bonds is 7. The maximum atomic E-state index is 13.4. The Balaban J connectivity index is 1.66. The summed E-state index contributed by atoms with van der Waals surface area (Å²) in [5.74, 6) is -0.434. The number of amides is 1. The van der Waals surface area contributed by atoms with E-state index in [9.17, 15) is 13.2 Å². The molecule has 8 heteroatoms. The smallest absolute Gasteiger partial charge is 0.294 e. The van der Waals surface area contributed by atoms with E-state index in [0.29, 0.717) is 12.2 Å². The molecule has 0 saturated carbocycles. The van der Waals surface area contributed by atoms with Crippen LogP contribution in [0.25, 0.3) is 0 Å². The van der Waals surface area contributed by atoms with E-state index in [2.05, 4.69) is 22.9 Å². The molecule has 0 unspecified atom stereocenters.